The van der Waals surface area contributed by atoms with E-state index in [1.54, 1.807) is 0 Å². The van der Waals surface area contributed by atoms with Gasteiger partial charge in [0.25, 0.3) is 0 Å². The van der Waals surface area contributed by atoms with E-state index in [0.29, 0.717) is 5.92 Å². The summed E-state index contributed by atoms with van der Waals surface area (Å²) in [5, 5.41) is 6.78. The highest BCUT2D eigenvalue weighted by atomic mass is 127. The van der Waals surface area contributed by atoms with Gasteiger partial charge in [0.1, 0.15) is 0 Å². The zero-order chi connectivity index (χ0) is 17.7. The summed E-state index contributed by atoms with van der Waals surface area (Å²) in [5.41, 5.74) is 0. The van der Waals surface area contributed by atoms with Crippen LogP contribution in [0.2, 0.25) is 0 Å². The Kier molecular flexibility index (Phi) is 13.7. The Morgan fingerprint density at radius 2 is 1.92 bits per heavy atom. The van der Waals surface area contributed by atoms with Crippen molar-refractivity contribution in [2.45, 2.75) is 51.0 Å². The minimum Gasteiger partial charge on any atom is -0.381 e. The standard InChI is InChI=1S/C19H38N4O2.HI/c1-20-19(21-10-6-13-24-15-17-9-14-25-16-17)22-11-12-23(2)18-7-4-3-5-8-18;/h17-18H,3-16H2,1-2H3,(H2,20,21,22);1H. The molecule has 1 atom stereocenters. The van der Waals surface area contributed by atoms with Gasteiger partial charge in [0, 0.05) is 51.9 Å². The van der Waals surface area contributed by atoms with Crippen LogP contribution in [0.25, 0.3) is 0 Å². The van der Waals surface area contributed by atoms with Gasteiger partial charge in [0.05, 0.1) is 13.2 Å². The quantitative estimate of drug-likeness (QED) is 0.217. The molecule has 6 nitrogen and oxygen atoms in total. The van der Waals surface area contributed by atoms with Crippen LogP contribution in [-0.4, -0.2) is 77.1 Å². The number of ether oxygens (including phenoxy) is 2. The monoisotopic (exact) mass is 482 g/mol. The van der Waals surface area contributed by atoms with Crippen LogP contribution in [0.15, 0.2) is 4.99 Å². The Labute approximate surface area is 176 Å². The maximum Gasteiger partial charge on any atom is 0.191 e. The second-order valence-corrected chi connectivity index (χ2v) is 7.36. The van der Waals surface area contributed by atoms with Gasteiger partial charge < -0.3 is 25.0 Å². The Morgan fingerprint density at radius 1 is 1.15 bits per heavy atom. The lowest BCUT2D eigenvalue weighted by molar-refractivity contribution is 0.0888. The first-order chi connectivity index (χ1) is 12.3. The third-order valence-electron chi connectivity index (χ3n) is 5.31. The summed E-state index contributed by atoms with van der Waals surface area (Å²) in [6.07, 6.45) is 9.05. The number of halogens is 1. The molecule has 1 saturated heterocycles. The van der Waals surface area contributed by atoms with Gasteiger partial charge in [0.2, 0.25) is 0 Å². The second-order valence-electron chi connectivity index (χ2n) is 7.36. The molecule has 0 aromatic heterocycles. The van der Waals surface area contributed by atoms with Gasteiger partial charge >= 0.3 is 0 Å². The normalized spacial score (nSPS) is 21.7. The van der Waals surface area contributed by atoms with Gasteiger partial charge in [-0.1, -0.05) is 19.3 Å². The summed E-state index contributed by atoms with van der Waals surface area (Å²) in [5.74, 6) is 1.49. The average molecular weight is 482 g/mol. The fourth-order valence-electron chi connectivity index (χ4n) is 3.62. The Bertz CT molecular complexity index is 373. The summed E-state index contributed by atoms with van der Waals surface area (Å²) in [6, 6.07) is 0.771. The number of aliphatic imine (C=N–C) groups is 1. The highest BCUT2D eigenvalue weighted by Gasteiger charge is 2.17. The first kappa shape index (κ1) is 23.9. The zero-order valence-corrected chi connectivity index (χ0v) is 19.0. The molecule has 2 fully saturated rings. The lowest BCUT2D eigenvalue weighted by Crippen LogP contribution is -2.43. The van der Waals surface area contributed by atoms with Crippen LogP contribution in [0.5, 0.6) is 0 Å². The molecule has 0 radical (unpaired) electrons. The summed E-state index contributed by atoms with van der Waals surface area (Å²) in [4.78, 5) is 6.80. The molecule has 0 amide bonds. The highest BCUT2D eigenvalue weighted by Crippen LogP contribution is 2.21. The molecule has 1 aliphatic heterocycles. The number of nitrogens with zero attached hydrogens (tertiary/aromatic N) is 2. The van der Waals surface area contributed by atoms with E-state index in [2.05, 4.69) is 27.6 Å². The van der Waals surface area contributed by atoms with E-state index < -0.39 is 0 Å². The minimum absolute atomic E-state index is 0. The second kappa shape index (κ2) is 14.9. The van der Waals surface area contributed by atoms with Crippen LogP contribution in [-0.2, 0) is 9.47 Å². The number of rotatable bonds is 10. The summed E-state index contributed by atoms with van der Waals surface area (Å²) >= 11 is 0. The van der Waals surface area contributed by atoms with E-state index >= 15 is 0 Å². The van der Waals surface area contributed by atoms with Crippen molar-refractivity contribution in [2.24, 2.45) is 10.9 Å². The topological polar surface area (TPSA) is 58.1 Å². The van der Waals surface area contributed by atoms with Gasteiger partial charge in [-0.05, 0) is 32.7 Å². The third-order valence-corrected chi connectivity index (χ3v) is 5.31. The number of likely N-dealkylation sites (N-methyl/N-ethyl adjacent to an activating group) is 1. The fourth-order valence-corrected chi connectivity index (χ4v) is 3.62. The SMILES string of the molecule is CN=C(NCCCOCC1CCOC1)NCCN(C)C1CCCCC1.I. The molecule has 1 aliphatic carbocycles. The van der Waals surface area contributed by atoms with E-state index in [9.17, 15) is 0 Å². The third kappa shape index (κ3) is 9.71. The molecule has 26 heavy (non-hydrogen) atoms. The molecule has 2 aliphatic rings. The van der Waals surface area contributed by atoms with Crippen molar-refractivity contribution in [2.75, 3.05) is 60.2 Å². The summed E-state index contributed by atoms with van der Waals surface area (Å²) < 4.78 is 11.1. The van der Waals surface area contributed by atoms with Crippen LogP contribution < -0.4 is 10.6 Å². The number of hydrogen-bond donors (Lipinski definition) is 2. The van der Waals surface area contributed by atoms with Crippen molar-refractivity contribution in [3.63, 3.8) is 0 Å². The van der Waals surface area contributed by atoms with Gasteiger partial charge in [0.15, 0.2) is 5.96 Å². The van der Waals surface area contributed by atoms with Crippen LogP contribution in [0.1, 0.15) is 44.9 Å². The molecule has 1 heterocycles. The Balaban J connectivity index is 0.00000338. The van der Waals surface area contributed by atoms with Gasteiger partial charge in [-0.2, -0.15) is 0 Å². The van der Waals surface area contributed by atoms with E-state index in [1.165, 1.54) is 32.1 Å². The van der Waals surface area contributed by atoms with E-state index in [4.69, 9.17) is 9.47 Å². The Morgan fingerprint density at radius 3 is 2.62 bits per heavy atom. The van der Waals surface area contributed by atoms with Gasteiger partial charge in [-0.15, -0.1) is 24.0 Å². The van der Waals surface area contributed by atoms with Crippen molar-refractivity contribution in [1.29, 1.82) is 0 Å². The molecular formula is C19H39IN4O2. The van der Waals surface area contributed by atoms with Crippen molar-refractivity contribution in [3.8, 4) is 0 Å². The fraction of sp³-hybridized carbons (Fsp3) is 0.947. The first-order valence-electron chi connectivity index (χ1n) is 10.1. The van der Waals surface area contributed by atoms with Gasteiger partial charge in [-0.3, -0.25) is 4.99 Å². The minimum atomic E-state index is 0. The molecule has 1 unspecified atom stereocenters. The van der Waals surface area contributed by atoms with Crippen LogP contribution in [0.3, 0.4) is 0 Å². The smallest absolute Gasteiger partial charge is 0.191 e. The van der Waals surface area contributed by atoms with Gasteiger partial charge in [-0.25, -0.2) is 0 Å². The van der Waals surface area contributed by atoms with Crippen molar-refractivity contribution < 1.29 is 9.47 Å². The Hall–Kier alpha value is -0.120. The molecule has 154 valence electrons. The van der Waals surface area contributed by atoms with Crippen molar-refractivity contribution in [3.05, 3.63) is 0 Å². The molecule has 2 N–H and O–H groups in total. The molecule has 2 rings (SSSR count). The summed E-state index contributed by atoms with van der Waals surface area (Å²) in [7, 11) is 4.08. The van der Waals surface area contributed by atoms with E-state index in [-0.39, 0.29) is 24.0 Å². The van der Waals surface area contributed by atoms with E-state index in [0.717, 1.165) is 70.9 Å². The van der Waals surface area contributed by atoms with E-state index in [1.807, 2.05) is 7.05 Å². The predicted molar refractivity (Wildman–Crippen MR) is 119 cm³/mol. The zero-order valence-electron chi connectivity index (χ0n) is 16.7. The number of nitrogens with one attached hydrogen (secondary N) is 2. The maximum atomic E-state index is 5.73. The van der Waals surface area contributed by atoms with Crippen LogP contribution >= 0.6 is 24.0 Å². The highest BCUT2D eigenvalue weighted by molar-refractivity contribution is 14.0. The summed E-state index contributed by atoms with van der Waals surface area (Å²) in [6.45, 7) is 6.28. The molecule has 0 aromatic rings. The number of hydrogen-bond acceptors (Lipinski definition) is 4. The molecule has 0 spiro atoms. The van der Waals surface area contributed by atoms with Crippen LogP contribution in [0.4, 0.5) is 0 Å². The molecule has 7 heteroatoms. The maximum absolute atomic E-state index is 5.73. The predicted octanol–water partition coefficient (Wildman–Crippen LogP) is 2.48. The van der Waals surface area contributed by atoms with Crippen molar-refractivity contribution in [1.82, 2.24) is 15.5 Å². The van der Waals surface area contributed by atoms with Crippen molar-refractivity contribution >= 4 is 29.9 Å². The first-order valence-corrected chi connectivity index (χ1v) is 10.1. The lowest BCUT2D eigenvalue weighted by atomic mass is 9.94. The molecule has 0 bridgehead atoms. The average Bonchev–Trinajstić information content (AvgIpc) is 3.17. The lowest BCUT2D eigenvalue weighted by Gasteiger charge is -2.31. The molecule has 0 aromatic carbocycles. The molecule has 1 saturated carbocycles. The van der Waals surface area contributed by atoms with Crippen LogP contribution in [0, 0.1) is 5.92 Å². The largest absolute Gasteiger partial charge is 0.381 e. The number of guanidine groups is 1. The molecular weight excluding hydrogens is 443 g/mol.